The molecule has 6 heteroatoms. The Bertz CT molecular complexity index is 537. The minimum Gasteiger partial charge on any atom is -0.497 e. The van der Waals surface area contributed by atoms with E-state index in [-0.39, 0.29) is 6.54 Å². The highest BCUT2D eigenvalue weighted by atomic mass is 16.5. The lowest BCUT2D eigenvalue weighted by molar-refractivity contribution is -0.153. The van der Waals surface area contributed by atoms with Gasteiger partial charge in [-0.1, -0.05) is 0 Å². The van der Waals surface area contributed by atoms with Crippen molar-refractivity contribution < 1.29 is 23.9 Å². The maximum absolute atomic E-state index is 12.2. The van der Waals surface area contributed by atoms with Crippen LogP contribution in [0.4, 0.5) is 0 Å². The number of amides is 2. The number of esters is 1. The number of imide groups is 1. The zero-order chi connectivity index (χ0) is 14.7. The molecule has 20 heavy (non-hydrogen) atoms. The van der Waals surface area contributed by atoms with Gasteiger partial charge in [-0.25, -0.2) is 0 Å². The summed E-state index contributed by atoms with van der Waals surface area (Å²) in [7, 11) is 1.53. The van der Waals surface area contributed by atoms with Gasteiger partial charge < -0.3 is 9.47 Å². The van der Waals surface area contributed by atoms with Gasteiger partial charge in [0.2, 0.25) is 0 Å². The molecule has 6 nitrogen and oxygen atoms in total. The van der Waals surface area contributed by atoms with Crippen LogP contribution in [0.5, 0.6) is 5.75 Å². The van der Waals surface area contributed by atoms with Crippen molar-refractivity contribution >= 4 is 17.8 Å². The van der Waals surface area contributed by atoms with Gasteiger partial charge in [0, 0.05) is 25.5 Å². The summed E-state index contributed by atoms with van der Waals surface area (Å²) in [6.45, 7) is 1.49. The van der Waals surface area contributed by atoms with Gasteiger partial charge in [-0.15, -0.1) is 0 Å². The number of nitrogens with zero attached hydrogens (tertiary/aromatic N) is 1. The predicted molar refractivity (Wildman–Crippen MR) is 69.2 cm³/mol. The Morgan fingerprint density at radius 2 is 1.90 bits per heavy atom. The first-order chi connectivity index (χ1) is 9.52. The van der Waals surface area contributed by atoms with E-state index < -0.39 is 23.9 Å². The van der Waals surface area contributed by atoms with E-state index in [0.717, 1.165) is 4.90 Å². The second-order valence-corrected chi connectivity index (χ2v) is 4.41. The highest BCUT2D eigenvalue weighted by Gasteiger charge is 2.37. The third-order valence-corrected chi connectivity index (χ3v) is 3.05. The van der Waals surface area contributed by atoms with Crippen molar-refractivity contribution in [1.82, 2.24) is 4.90 Å². The van der Waals surface area contributed by atoms with Crippen molar-refractivity contribution in [2.75, 3.05) is 13.7 Å². The molecular weight excluding hydrogens is 262 g/mol. The summed E-state index contributed by atoms with van der Waals surface area (Å²) in [6, 6.07) is 6.48. The van der Waals surface area contributed by atoms with E-state index in [2.05, 4.69) is 0 Å². The first-order valence-electron chi connectivity index (χ1n) is 6.20. The molecule has 1 unspecified atom stereocenters. The zero-order valence-corrected chi connectivity index (χ0v) is 11.3. The molecule has 1 aromatic rings. The third kappa shape index (κ3) is 2.79. The summed E-state index contributed by atoms with van der Waals surface area (Å²) in [5, 5.41) is 0. The second kappa shape index (κ2) is 5.73. The normalized spacial score (nSPS) is 18.0. The molecule has 0 spiro atoms. The molecule has 0 saturated carbocycles. The van der Waals surface area contributed by atoms with Gasteiger partial charge in [-0.3, -0.25) is 19.3 Å². The monoisotopic (exact) mass is 277 g/mol. The number of hydrogen-bond donors (Lipinski definition) is 0. The highest BCUT2D eigenvalue weighted by Crippen LogP contribution is 2.19. The molecule has 2 amide bonds. The van der Waals surface area contributed by atoms with E-state index in [4.69, 9.17) is 9.47 Å². The first-order valence-corrected chi connectivity index (χ1v) is 6.20. The molecule has 1 atom stereocenters. The quantitative estimate of drug-likeness (QED) is 0.608. The van der Waals surface area contributed by atoms with Gasteiger partial charge in [0.15, 0.2) is 6.10 Å². The number of carbonyl (C=O) groups is 3. The van der Waals surface area contributed by atoms with E-state index in [0.29, 0.717) is 17.7 Å². The van der Waals surface area contributed by atoms with Gasteiger partial charge in [0.25, 0.3) is 11.8 Å². The molecule has 2 rings (SSSR count). The topological polar surface area (TPSA) is 72.9 Å². The lowest BCUT2D eigenvalue weighted by Gasteiger charge is -2.15. The number of rotatable bonds is 3. The van der Waals surface area contributed by atoms with E-state index >= 15 is 0 Å². The summed E-state index contributed by atoms with van der Waals surface area (Å²) >= 11 is 0. The number of methoxy groups -OCH3 is 1. The number of benzene rings is 1. The summed E-state index contributed by atoms with van der Waals surface area (Å²) in [5.41, 5.74) is 0.391. The van der Waals surface area contributed by atoms with E-state index in [9.17, 15) is 14.4 Å². The maximum atomic E-state index is 12.2. The first kappa shape index (κ1) is 14.0. The van der Waals surface area contributed by atoms with Gasteiger partial charge in [-0.2, -0.15) is 0 Å². The molecule has 1 heterocycles. The zero-order valence-electron chi connectivity index (χ0n) is 11.3. The van der Waals surface area contributed by atoms with Crippen LogP contribution in [0.25, 0.3) is 0 Å². The van der Waals surface area contributed by atoms with Crippen LogP contribution < -0.4 is 4.74 Å². The molecule has 1 saturated heterocycles. The van der Waals surface area contributed by atoms with Gasteiger partial charge in [0.1, 0.15) is 5.75 Å². The molecule has 1 fully saturated rings. The van der Waals surface area contributed by atoms with Crippen molar-refractivity contribution in [3.63, 3.8) is 0 Å². The molecule has 1 aromatic carbocycles. The summed E-state index contributed by atoms with van der Waals surface area (Å²) in [5.74, 6) is -0.762. The van der Waals surface area contributed by atoms with Crippen LogP contribution in [0.2, 0.25) is 0 Å². The molecular formula is C14H15NO5. The molecule has 0 bridgehead atoms. The minimum atomic E-state index is -0.852. The van der Waals surface area contributed by atoms with Crippen molar-refractivity contribution in [1.29, 1.82) is 0 Å². The molecule has 0 aromatic heterocycles. The van der Waals surface area contributed by atoms with Crippen LogP contribution in [-0.2, 0) is 14.3 Å². The Morgan fingerprint density at radius 3 is 2.45 bits per heavy atom. The minimum absolute atomic E-state index is 0.252. The summed E-state index contributed by atoms with van der Waals surface area (Å²) in [4.78, 5) is 36.2. The van der Waals surface area contributed by atoms with Crippen LogP contribution in [0.3, 0.4) is 0 Å². The van der Waals surface area contributed by atoms with Crippen LogP contribution in [0.1, 0.15) is 23.7 Å². The van der Waals surface area contributed by atoms with Crippen molar-refractivity contribution in [2.45, 2.75) is 19.4 Å². The van der Waals surface area contributed by atoms with Crippen molar-refractivity contribution in [3.8, 4) is 5.75 Å². The maximum Gasteiger partial charge on any atom is 0.303 e. The SMILES string of the molecule is COc1ccc(C(=O)N2CCC(OC(C)=O)C2=O)cc1. The average Bonchev–Trinajstić information content (AvgIpc) is 2.79. The lowest BCUT2D eigenvalue weighted by Crippen LogP contribution is -2.36. The van der Waals surface area contributed by atoms with E-state index in [1.54, 1.807) is 24.3 Å². The number of hydrogen-bond acceptors (Lipinski definition) is 5. The van der Waals surface area contributed by atoms with Crippen LogP contribution in [-0.4, -0.2) is 42.4 Å². The standard InChI is InChI=1S/C14H15NO5/c1-9(16)20-12-7-8-15(14(12)18)13(17)10-3-5-11(19-2)6-4-10/h3-6,12H,7-8H2,1-2H3. The number of likely N-dealkylation sites (tertiary alicyclic amines) is 1. The predicted octanol–water partition coefficient (Wildman–Crippen LogP) is 0.999. The number of ether oxygens (including phenoxy) is 2. The lowest BCUT2D eigenvalue weighted by atomic mass is 10.2. The van der Waals surface area contributed by atoms with Gasteiger partial charge in [-0.05, 0) is 24.3 Å². The molecule has 106 valence electrons. The molecule has 0 N–H and O–H groups in total. The fraction of sp³-hybridized carbons (Fsp3) is 0.357. The number of carbonyl (C=O) groups excluding carboxylic acids is 3. The summed E-state index contributed by atoms with van der Waals surface area (Å²) in [6.07, 6.45) is -0.518. The Labute approximate surface area is 116 Å². The van der Waals surface area contributed by atoms with Gasteiger partial charge >= 0.3 is 5.97 Å². The smallest absolute Gasteiger partial charge is 0.303 e. The highest BCUT2D eigenvalue weighted by molar-refractivity contribution is 6.07. The third-order valence-electron chi connectivity index (χ3n) is 3.05. The van der Waals surface area contributed by atoms with Crippen molar-refractivity contribution in [3.05, 3.63) is 29.8 Å². The Hall–Kier alpha value is -2.37. The fourth-order valence-corrected chi connectivity index (χ4v) is 2.05. The van der Waals surface area contributed by atoms with Gasteiger partial charge in [0.05, 0.1) is 7.11 Å². The van der Waals surface area contributed by atoms with Crippen molar-refractivity contribution in [2.24, 2.45) is 0 Å². The fourth-order valence-electron chi connectivity index (χ4n) is 2.05. The van der Waals surface area contributed by atoms with E-state index in [1.807, 2.05) is 0 Å². The van der Waals surface area contributed by atoms with Crippen LogP contribution in [0.15, 0.2) is 24.3 Å². The summed E-state index contributed by atoms with van der Waals surface area (Å²) < 4.78 is 9.88. The largest absolute Gasteiger partial charge is 0.497 e. The Balaban J connectivity index is 2.09. The molecule has 0 radical (unpaired) electrons. The Morgan fingerprint density at radius 1 is 1.25 bits per heavy atom. The van der Waals surface area contributed by atoms with E-state index in [1.165, 1.54) is 14.0 Å². The average molecular weight is 277 g/mol. The Kier molecular flexibility index (Phi) is 4.02. The van der Waals surface area contributed by atoms with Crippen LogP contribution in [0, 0.1) is 0 Å². The molecule has 0 aliphatic carbocycles. The van der Waals surface area contributed by atoms with Crippen LogP contribution >= 0.6 is 0 Å². The molecule has 1 aliphatic rings. The molecule has 1 aliphatic heterocycles. The second-order valence-electron chi connectivity index (χ2n) is 4.41.